The van der Waals surface area contributed by atoms with Gasteiger partial charge >= 0.3 is 0 Å². The van der Waals surface area contributed by atoms with Crippen molar-refractivity contribution in [3.8, 4) is 5.75 Å². The molecule has 0 fully saturated rings. The van der Waals surface area contributed by atoms with Crippen LogP contribution in [-0.4, -0.2) is 24.7 Å². The topological polar surface area (TPSA) is 15.7 Å². The van der Waals surface area contributed by atoms with Gasteiger partial charge in [0.05, 0.1) is 13.3 Å². The van der Waals surface area contributed by atoms with Crippen LogP contribution in [0.2, 0.25) is 0 Å². The van der Waals surface area contributed by atoms with Gasteiger partial charge in [-0.15, -0.1) is 0 Å². The fourth-order valence-electron chi connectivity index (χ4n) is 2.42. The van der Waals surface area contributed by atoms with Crippen LogP contribution in [0.15, 0.2) is 36.7 Å². The van der Waals surface area contributed by atoms with Gasteiger partial charge in [0.15, 0.2) is 0 Å². The van der Waals surface area contributed by atoms with Crippen LogP contribution in [0.4, 0.5) is 5.69 Å². The lowest BCUT2D eigenvalue weighted by molar-refractivity contribution is 0.340. The van der Waals surface area contributed by atoms with E-state index in [0.29, 0.717) is 6.61 Å². The Bertz CT molecular complexity index is 414. The zero-order valence-corrected chi connectivity index (χ0v) is 12.7. The van der Waals surface area contributed by atoms with Gasteiger partial charge in [0.1, 0.15) is 5.75 Å². The number of hydrogen-bond donors (Lipinski definition) is 0. The molecule has 0 atom stereocenters. The molecule has 1 heterocycles. The molecule has 0 radical (unpaired) electrons. The Hall–Kier alpha value is -1.64. The van der Waals surface area contributed by atoms with Crippen molar-refractivity contribution in [3.05, 3.63) is 36.7 Å². The Morgan fingerprint density at radius 3 is 2.50 bits per heavy atom. The second kappa shape index (κ2) is 7.83. The maximum atomic E-state index is 5.47. The molecule has 1 aromatic rings. The van der Waals surface area contributed by atoms with Crippen molar-refractivity contribution < 1.29 is 4.74 Å². The van der Waals surface area contributed by atoms with E-state index in [1.165, 1.54) is 31.4 Å². The van der Waals surface area contributed by atoms with E-state index in [-0.39, 0.29) is 0 Å². The third-order valence-electron chi connectivity index (χ3n) is 3.57. The fourth-order valence-corrected chi connectivity index (χ4v) is 2.42. The zero-order chi connectivity index (χ0) is 14.2. The largest absolute Gasteiger partial charge is 0.494 e. The Kier molecular flexibility index (Phi) is 5.78. The highest BCUT2D eigenvalue weighted by Gasteiger charge is 2.13. The summed E-state index contributed by atoms with van der Waals surface area (Å²) in [6, 6.07) is 8.32. The first-order valence-corrected chi connectivity index (χ1v) is 7.75. The van der Waals surface area contributed by atoms with Crippen LogP contribution in [0, 0.1) is 0 Å². The summed E-state index contributed by atoms with van der Waals surface area (Å²) < 4.78 is 5.47. The van der Waals surface area contributed by atoms with E-state index in [0.717, 1.165) is 19.0 Å². The van der Waals surface area contributed by atoms with Crippen molar-refractivity contribution >= 4 is 5.69 Å². The third-order valence-corrected chi connectivity index (χ3v) is 3.57. The van der Waals surface area contributed by atoms with Gasteiger partial charge in [0.2, 0.25) is 0 Å². The number of anilines is 1. The molecule has 3 nitrogen and oxygen atoms in total. The molecule has 0 unspecified atom stereocenters. The maximum absolute atomic E-state index is 5.47. The standard InChI is InChI=1S/C17H26N2O/c1-3-5-6-7-12-18-13-14-19(15-18)16-8-10-17(11-9-16)20-4-2/h8-11,13-14H,3-7,12,15H2,1-2H3. The normalized spacial score (nSPS) is 14.1. The predicted octanol–water partition coefficient (Wildman–Crippen LogP) is 4.22. The summed E-state index contributed by atoms with van der Waals surface area (Å²) >= 11 is 0. The molecule has 0 saturated carbocycles. The van der Waals surface area contributed by atoms with Gasteiger partial charge < -0.3 is 14.5 Å². The molecule has 2 rings (SSSR count). The van der Waals surface area contributed by atoms with Crippen LogP contribution in [-0.2, 0) is 0 Å². The highest BCUT2D eigenvalue weighted by molar-refractivity contribution is 5.52. The third kappa shape index (κ3) is 4.19. The Morgan fingerprint density at radius 2 is 1.80 bits per heavy atom. The molecule has 0 spiro atoms. The highest BCUT2D eigenvalue weighted by Crippen LogP contribution is 2.22. The zero-order valence-electron chi connectivity index (χ0n) is 12.7. The van der Waals surface area contributed by atoms with Crippen molar-refractivity contribution in [2.75, 3.05) is 24.7 Å². The van der Waals surface area contributed by atoms with Gasteiger partial charge in [0, 0.05) is 24.6 Å². The molecule has 1 aliphatic rings. The molecule has 1 aliphatic heterocycles. The SMILES string of the molecule is CCCCCCN1C=CN(c2ccc(OCC)cc2)C1. The van der Waals surface area contributed by atoms with E-state index in [2.05, 4.69) is 41.3 Å². The first-order chi connectivity index (χ1) is 9.83. The van der Waals surface area contributed by atoms with Crippen LogP contribution < -0.4 is 9.64 Å². The van der Waals surface area contributed by atoms with Gasteiger partial charge in [-0.25, -0.2) is 0 Å². The highest BCUT2D eigenvalue weighted by atomic mass is 16.5. The molecule has 1 aromatic carbocycles. The average molecular weight is 274 g/mol. The van der Waals surface area contributed by atoms with Crippen LogP contribution in [0.5, 0.6) is 5.75 Å². The minimum Gasteiger partial charge on any atom is -0.494 e. The number of nitrogens with zero attached hydrogens (tertiary/aromatic N) is 2. The van der Waals surface area contributed by atoms with Crippen molar-refractivity contribution in [2.45, 2.75) is 39.5 Å². The average Bonchev–Trinajstić information content (AvgIpc) is 2.94. The first kappa shape index (κ1) is 14.8. The summed E-state index contributed by atoms with van der Waals surface area (Å²) in [6.07, 6.45) is 9.63. The Morgan fingerprint density at radius 1 is 1.00 bits per heavy atom. The fraction of sp³-hybridized carbons (Fsp3) is 0.529. The Labute approximate surface area is 122 Å². The lowest BCUT2D eigenvalue weighted by Crippen LogP contribution is -2.25. The maximum Gasteiger partial charge on any atom is 0.119 e. The van der Waals surface area contributed by atoms with E-state index < -0.39 is 0 Å². The van der Waals surface area contributed by atoms with Crippen LogP contribution >= 0.6 is 0 Å². The van der Waals surface area contributed by atoms with Gasteiger partial charge in [-0.1, -0.05) is 26.2 Å². The second-order valence-electron chi connectivity index (χ2n) is 5.21. The summed E-state index contributed by atoms with van der Waals surface area (Å²) in [4.78, 5) is 4.65. The molecule has 0 bridgehead atoms. The van der Waals surface area contributed by atoms with E-state index in [9.17, 15) is 0 Å². The molecule has 0 amide bonds. The van der Waals surface area contributed by atoms with E-state index in [4.69, 9.17) is 4.74 Å². The van der Waals surface area contributed by atoms with Gasteiger partial charge in [-0.2, -0.15) is 0 Å². The monoisotopic (exact) mass is 274 g/mol. The van der Waals surface area contributed by atoms with Gasteiger partial charge in [-0.05, 0) is 37.6 Å². The number of benzene rings is 1. The molecule has 0 aromatic heterocycles. The molecular weight excluding hydrogens is 248 g/mol. The van der Waals surface area contributed by atoms with Gasteiger partial charge in [-0.3, -0.25) is 0 Å². The molecule has 110 valence electrons. The van der Waals surface area contributed by atoms with Crippen molar-refractivity contribution in [1.82, 2.24) is 4.90 Å². The molecule has 0 aliphatic carbocycles. The number of unbranched alkanes of at least 4 members (excludes halogenated alkanes) is 3. The molecule has 0 N–H and O–H groups in total. The molecule has 3 heteroatoms. The number of ether oxygens (including phenoxy) is 1. The number of hydrogen-bond acceptors (Lipinski definition) is 3. The summed E-state index contributed by atoms with van der Waals surface area (Å²) in [5.74, 6) is 0.941. The minimum atomic E-state index is 0.717. The Balaban J connectivity index is 1.79. The quantitative estimate of drug-likeness (QED) is 0.660. The lowest BCUT2D eigenvalue weighted by atomic mass is 10.2. The predicted molar refractivity (Wildman–Crippen MR) is 84.9 cm³/mol. The van der Waals surface area contributed by atoms with Crippen molar-refractivity contribution in [3.63, 3.8) is 0 Å². The van der Waals surface area contributed by atoms with Crippen LogP contribution in [0.25, 0.3) is 0 Å². The number of rotatable bonds is 8. The van der Waals surface area contributed by atoms with Crippen molar-refractivity contribution in [2.24, 2.45) is 0 Å². The van der Waals surface area contributed by atoms with Crippen LogP contribution in [0.3, 0.4) is 0 Å². The molecule has 20 heavy (non-hydrogen) atoms. The first-order valence-electron chi connectivity index (χ1n) is 7.75. The van der Waals surface area contributed by atoms with E-state index >= 15 is 0 Å². The molecule has 0 saturated heterocycles. The minimum absolute atomic E-state index is 0.717. The van der Waals surface area contributed by atoms with E-state index in [1.54, 1.807) is 0 Å². The summed E-state index contributed by atoms with van der Waals surface area (Å²) in [7, 11) is 0. The second-order valence-corrected chi connectivity index (χ2v) is 5.21. The van der Waals surface area contributed by atoms with E-state index in [1.807, 2.05) is 19.1 Å². The summed E-state index contributed by atoms with van der Waals surface area (Å²) in [5, 5.41) is 0. The lowest BCUT2D eigenvalue weighted by Gasteiger charge is -2.21. The van der Waals surface area contributed by atoms with Gasteiger partial charge in [0.25, 0.3) is 0 Å². The summed E-state index contributed by atoms with van der Waals surface area (Å²) in [5.41, 5.74) is 1.22. The molecular formula is C17H26N2O. The summed E-state index contributed by atoms with van der Waals surface area (Å²) in [6.45, 7) is 7.09. The van der Waals surface area contributed by atoms with Crippen molar-refractivity contribution in [1.29, 1.82) is 0 Å². The van der Waals surface area contributed by atoms with Crippen LogP contribution in [0.1, 0.15) is 39.5 Å². The smallest absolute Gasteiger partial charge is 0.119 e.